The molecule has 3 N–H and O–H groups in total. The van der Waals surface area contributed by atoms with E-state index in [1.165, 1.54) is 10.9 Å². The molecule has 1 saturated heterocycles. The fourth-order valence-electron chi connectivity index (χ4n) is 5.00. The summed E-state index contributed by atoms with van der Waals surface area (Å²) in [5, 5.41) is 18.8. The maximum absolute atomic E-state index is 15.9. The first-order valence-corrected chi connectivity index (χ1v) is 17.4. The van der Waals surface area contributed by atoms with Gasteiger partial charge in [-0.1, -0.05) is 36.4 Å². The highest BCUT2D eigenvalue weighted by Crippen LogP contribution is 2.50. The number of carbonyl (C=O) groups excluding carboxylic acids is 1. The number of aliphatic hydroxyl groups excluding tert-OH is 1. The zero-order chi connectivity index (χ0) is 32.5. The Morgan fingerprint density at radius 1 is 1.24 bits per heavy atom. The molecule has 2 aromatic carbocycles. The second-order valence-corrected chi connectivity index (χ2v) is 14.4. The fraction of sp³-hybridized carbons (Fsp3) is 0.448. The minimum Gasteiger partial charge on any atom is -0.462 e. The van der Waals surface area contributed by atoms with Gasteiger partial charge in [0.1, 0.15) is 29.3 Å². The number of anilines is 1. The van der Waals surface area contributed by atoms with Gasteiger partial charge in [-0.05, 0) is 51.0 Å². The predicted molar refractivity (Wildman–Crippen MR) is 173 cm³/mol. The molecule has 4 aromatic rings. The molecule has 0 radical (unpaired) electrons. The summed E-state index contributed by atoms with van der Waals surface area (Å²) in [6.07, 6.45) is -4.02. The number of fused-ring (bicyclic) bond motifs is 2. The fourth-order valence-corrected chi connectivity index (χ4v) is 7.74. The zero-order valence-corrected chi connectivity index (χ0v) is 27.8. The van der Waals surface area contributed by atoms with Crippen molar-refractivity contribution in [3.63, 3.8) is 0 Å². The minimum atomic E-state index is -3.63. The third-order valence-electron chi connectivity index (χ3n) is 7.24. The lowest BCUT2D eigenvalue weighted by atomic mass is 9.99. The van der Waals surface area contributed by atoms with Gasteiger partial charge in [0, 0.05) is 12.4 Å². The highest BCUT2D eigenvalue weighted by molar-refractivity contribution is 8.09. The summed E-state index contributed by atoms with van der Waals surface area (Å²) >= 11 is 12.3. The number of aromatic nitrogens is 4. The summed E-state index contributed by atoms with van der Waals surface area (Å²) in [5.41, 5.74) is -1.05. The van der Waals surface area contributed by atoms with E-state index in [-0.39, 0.29) is 12.0 Å². The molecule has 45 heavy (non-hydrogen) atoms. The van der Waals surface area contributed by atoms with Crippen LogP contribution in [-0.2, 0) is 30.6 Å². The van der Waals surface area contributed by atoms with Gasteiger partial charge in [-0.3, -0.25) is 9.36 Å². The van der Waals surface area contributed by atoms with Crippen LogP contribution in [0.1, 0.15) is 32.8 Å². The van der Waals surface area contributed by atoms with Gasteiger partial charge in [-0.2, -0.15) is 0 Å². The van der Waals surface area contributed by atoms with E-state index in [4.69, 9.17) is 41.9 Å². The number of aliphatic hydroxyl groups is 1. The van der Waals surface area contributed by atoms with E-state index in [1.807, 2.05) is 30.3 Å². The Bertz CT molecular complexity index is 1740. The smallest absolute Gasteiger partial charge is 0.323 e. The summed E-state index contributed by atoms with van der Waals surface area (Å²) < 4.78 is 41.3. The van der Waals surface area contributed by atoms with Crippen molar-refractivity contribution in [1.82, 2.24) is 24.6 Å². The van der Waals surface area contributed by atoms with Crippen LogP contribution >= 0.6 is 18.2 Å². The molecule has 12 nitrogen and oxygen atoms in total. The van der Waals surface area contributed by atoms with Crippen molar-refractivity contribution in [2.24, 2.45) is 0 Å². The summed E-state index contributed by atoms with van der Waals surface area (Å²) in [6.45, 7) is 2.62. The molecule has 5 rings (SSSR count). The van der Waals surface area contributed by atoms with Gasteiger partial charge < -0.3 is 28.9 Å². The third kappa shape index (κ3) is 6.78. The quantitative estimate of drug-likeness (QED) is 0.108. The Labute approximate surface area is 269 Å². The van der Waals surface area contributed by atoms with E-state index in [1.54, 1.807) is 46.9 Å². The number of rotatable bonds is 12. The van der Waals surface area contributed by atoms with Gasteiger partial charge in [0.15, 0.2) is 29.4 Å². The van der Waals surface area contributed by atoms with E-state index in [0.29, 0.717) is 28.6 Å². The Morgan fingerprint density at radius 3 is 2.69 bits per heavy atom. The molecule has 1 unspecified atom stereocenters. The number of halogens is 2. The van der Waals surface area contributed by atoms with E-state index >= 15 is 4.39 Å². The van der Waals surface area contributed by atoms with Crippen LogP contribution in [0.15, 0.2) is 48.8 Å². The zero-order valence-electron chi connectivity index (χ0n) is 25.3. The van der Waals surface area contributed by atoms with Crippen molar-refractivity contribution in [3.05, 3.63) is 54.6 Å². The van der Waals surface area contributed by atoms with Crippen molar-refractivity contribution < 1.29 is 32.8 Å². The highest BCUT2D eigenvalue weighted by atomic mass is 35.5. The van der Waals surface area contributed by atoms with Crippen molar-refractivity contribution in [2.75, 3.05) is 24.9 Å². The van der Waals surface area contributed by atoms with E-state index in [2.05, 4.69) is 25.4 Å². The maximum atomic E-state index is 15.9. The molecule has 2 aromatic heterocycles. The number of nitrogens with one attached hydrogen (secondary N) is 2. The number of nitrogens with zero attached hydrogens (tertiary/aromatic N) is 4. The first-order chi connectivity index (χ1) is 21.4. The topological polar surface area (TPSA) is 142 Å². The van der Waals surface area contributed by atoms with Gasteiger partial charge in [-0.15, -0.1) is 11.6 Å². The number of hydrogen-bond acceptors (Lipinski definition) is 11. The van der Waals surface area contributed by atoms with Crippen molar-refractivity contribution >= 4 is 63.8 Å². The van der Waals surface area contributed by atoms with Crippen LogP contribution in [0.3, 0.4) is 0 Å². The van der Waals surface area contributed by atoms with Crippen LogP contribution < -0.4 is 14.9 Å². The molecule has 1 aliphatic rings. The van der Waals surface area contributed by atoms with Crippen molar-refractivity contribution in [1.29, 1.82) is 0 Å². The number of hydrogen-bond donors (Lipinski definition) is 3. The summed E-state index contributed by atoms with van der Waals surface area (Å²) in [4.78, 5) is 25.8. The Kier molecular flexibility index (Phi) is 9.95. The minimum absolute atomic E-state index is 0.307. The summed E-state index contributed by atoms with van der Waals surface area (Å²) in [7, 11) is 1.69. The van der Waals surface area contributed by atoms with Crippen LogP contribution in [0, 0.1) is 6.92 Å². The lowest BCUT2D eigenvalue weighted by Gasteiger charge is -2.33. The maximum Gasteiger partial charge on any atom is 0.323 e. The van der Waals surface area contributed by atoms with Gasteiger partial charge >= 0.3 is 12.6 Å². The monoisotopic (exact) mass is 680 g/mol. The highest BCUT2D eigenvalue weighted by Gasteiger charge is 2.57. The van der Waals surface area contributed by atoms with Gasteiger partial charge in [-0.25, -0.2) is 24.4 Å². The Morgan fingerprint density at radius 2 is 1.98 bits per heavy atom. The molecule has 3 heterocycles. The van der Waals surface area contributed by atoms with Gasteiger partial charge in [0.2, 0.25) is 0 Å². The Balaban J connectivity index is 1.45. The molecule has 1 fully saturated rings. The second kappa shape index (κ2) is 13.4. The lowest BCUT2D eigenvalue weighted by molar-refractivity contribution is -0.149. The molecule has 0 saturated carbocycles. The molecular formula is C29H35ClFN6O6PS. The van der Waals surface area contributed by atoms with Gasteiger partial charge in [0.05, 0.1) is 24.9 Å². The molecule has 0 bridgehead atoms. The number of alkyl halides is 2. The van der Waals surface area contributed by atoms with Gasteiger partial charge in [0.25, 0.3) is 0 Å². The largest absolute Gasteiger partial charge is 0.462 e. The molecule has 0 amide bonds. The van der Waals surface area contributed by atoms with Crippen molar-refractivity contribution in [3.8, 4) is 5.75 Å². The second-order valence-electron chi connectivity index (χ2n) is 11.0. The number of carbonyl (C=O) groups is 1. The lowest BCUT2D eigenvalue weighted by Crippen LogP contribution is -2.48. The SMILES string of the molecule is CNc1nc(C)nc2c1ncn2[C@@H]1O[C@](CCl)(COP(=S)(N[C@@H](C)C(=O)OC(C)C)Oc2cccc3ccccc23)[C@@H](O)[C@H]1F. The average Bonchev–Trinajstić information content (AvgIpc) is 3.54. The number of benzene rings is 2. The number of aryl methyl sites for hydroxylation is 1. The summed E-state index contributed by atoms with van der Waals surface area (Å²) in [6, 6.07) is 12.0. The molecule has 6 atom stereocenters. The first-order valence-electron chi connectivity index (χ1n) is 14.3. The van der Waals surface area contributed by atoms with Crippen LogP contribution in [0.2, 0.25) is 0 Å². The number of esters is 1. The van der Waals surface area contributed by atoms with Crippen LogP contribution in [0.4, 0.5) is 10.2 Å². The Hall–Kier alpha value is -2.97. The van der Waals surface area contributed by atoms with E-state index in [9.17, 15) is 9.90 Å². The number of ether oxygens (including phenoxy) is 2. The predicted octanol–water partition coefficient (Wildman–Crippen LogP) is 4.78. The average molecular weight is 681 g/mol. The van der Waals surface area contributed by atoms with E-state index < -0.39 is 49.4 Å². The van der Waals surface area contributed by atoms with E-state index in [0.717, 1.165) is 10.8 Å². The molecule has 242 valence electrons. The summed E-state index contributed by atoms with van der Waals surface area (Å²) in [5.74, 6) is 0.365. The molecule has 16 heteroatoms. The number of imidazole rings is 1. The van der Waals surface area contributed by atoms with Crippen LogP contribution in [0.25, 0.3) is 21.9 Å². The standard InChI is InChI=1S/C29H35ClFN6O6PS/c1-16(2)41-28(39)17(3)36-44(45,43-21-12-8-10-19-9-6-7-11-20(19)21)40-14-29(13-30)24(38)22(31)27(42-29)37-15-33-23-25(32-5)34-18(4)35-26(23)37/h6-12,15-17,22,24,27,38H,13-14H2,1-5H3,(H,36,45)(H,32,34,35)/t17-,22+,24-,27+,29+,44?/m0/s1. The molecular weight excluding hydrogens is 646 g/mol. The normalized spacial score (nSPS) is 23.7. The molecule has 0 spiro atoms. The molecule has 0 aliphatic carbocycles. The van der Waals surface area contributed by atoms with Crippen LogP contribution in [0.5, 0.6) is 5.75 Å². The molecule has 1 aliphatic heterocycles. The third-order valence-corrected chi connectivity index (χ3v) is 10.2. The van der Waals surface area contributed by atoms with Crippen molar-refractivity contribution in [2.45, 2.75) is 63.9 Å². The van der Waals surface area contributed by atoms with Crippen LogP contribution in [-0.4, -0.2) is 80.2 Å². The first kappa shape index (κ1) is 33.4.